The molecule has 0 atom stereocenters. The van der Waals surface area contributed by atoms with Gasteiger partial charge in [0, 0.05) is 30.8 Å². The molecule has 0 radical (unpaired) electrons. The third kappa shape index (κ3) is 3.71. The molecule has 96 valence electrons. The maximum atomic E-state index is 13.4. The van der Waals surface area contributed by atoms with Crippen LogP contribution < -0.4 is 24.0 Å². The second kappa shape index (κ2) is 6.90. The molecular weight excluding hydrogens is 256 g/mol. The van der Waals surface area contributed by atoms with Crippen molar-refractivity contribution in [3.8, 4) is 6.07 Å². The van der Waals surface area contributed by atoms with Crippen LogP contribution in [-0.4, -0.2) is 15.5 Å². The second-order valence-corrected chi connectivity index (χ2v) is 3.99. The third-order valence-corrected chi connectivity index (χ3v) is 2.63. The molecule has 0 aliphatic heterocycles. The number of hydrogen-bond donors (Lipinski definition) is 0. The Hall–Kier alpha value is -2.08. The van der Waals surface area contributed by atoms with Crippen LogP contribution in [0.4, 0.5) is 4.39 Å². The molecule has 0 spiro atoms. The molecule has 1 aromatic carbocycles. The molecule has 0 saturated carbocycles. The summed E-state index contributed by atoms with van der Waals surface area (Å²) in [5.41, 5.74) is 1.07. The van der Waals surface area contributed by atoms with Crippen molar-refractivity contribution in [3.63, 3.8) is 0 Å². The molecule has 0 saturated heterocycles. The predicted octanol–water partition coefficient (Wildman–Crippen LogP) is -2.76. The van der Waals surface area contributed by atoms with E-state index in [0.29, 0.717) is 11.3 Å². The Morgan fingerprint density at radius 2 is 2.25 bits per heavy atom. The van der Waals surface area contributed by atoms with E-state index in [4.69, 9.17) is 5.26 Å². The molecule has 0 aliphatic carbocycles. The Morgan fingerprint density at radius 1 is 1.50 bits per heavy atom. The predicted molar refractivity (Wildman–Crippen MR) is 61.2 cm³/mol. The first-order valence-corrected chi connectivity index (χ1v) is 5.47. The number of nitrogens with zero attached hydrogens (tertiary/aromatic N) is 3. The van der Waals surface area contributed by atoms with Gasteiger partial charge in [0.2, 0.25) is 0 Å². The first kappa shape index (κ1) is 16.0. The number of carbonyl (C=O) groups is 1. The zero-order chi connectivity index (χ0) is 13.8. The number of carbonyl (C=O) groups excluding carboxylic acids is 1. The molecule has 0 amide bonds. The van der Waals surface area contributed by atoms with Crippen LogP contribution >= 0.6 is 0 Å². The summed E-state index contributed by atoms with van der Waals surface area (Å²) >= 11 is 0. The number of aromatic nitrogens is 2. The van der Waals surface area contributed by atoms with E-state index in [0.717, 1.165) is 0 Å². The van der Waals surface area contributed by atoms with Gasteiger partial charge in [0.25, 0.3) is 0 Å². The fourth-order valence-electron chi connectivity index (χ4n) is 1.73. The van der Waals surface area contributed by atoms with Gasteiger partial charge in [-0.15, -0.1) is 0 Å². The Kier molecular flexibility index (Phi) is 5.51. The molecule has 2 aromatic rings. The normalized spacial score (nSPS) is 9.60. The third-order valence-electron chi connectivity index (χ3n) is 2.63. The summed E-state index contributed by atoms with van der Waals surface area (Å²) in [6.45, 7) is 0.283. The first-order chi connectivity index (χ1) is 9.10. The standard InChI is InChI=1S/C13H10FN3O2.Li/c14-12-3-9(1-2-10(12)5-15)7-17-8-16-6-11(17)4-13(18)19;/h1-3,6,8H,4,7H2,(H,18,19);/q;+1/p-1. The SMILES string of the molecule is N#Cc1ccc(Cn2cncc2CC(=O)[O-])cc1F.[Li+]. The number of nitriles is 1. The molecule has 0 fully saturated rings. The number of carboxylic acids is 1. The van der Waals surface area contributed by atoms with E-state index in [9.17, 15) is 14.3 Å². The Morgan fingerprint density at radius 3 is 2.85 bits per heavy atom. The molecule has 0 bridgehead atoms. The van der Waals surface area contributed by atoms with Crippen molar-refractivity contribution in [3.05, 3.63) is 53.4 Å². The number of rotatable bonds is 4. The number of halogens is 1. The minimum Gasteiger partial charge on any atom is -0.550 e. The van der Waals surface area contributed by atoms with E-state index in [1.807, 2.05) is 0 Å². The van der Waals surface area contributed by atoms with Crippen molar-refractivity contribution in [2.45, 2.75) is 13.0 Å². The van der Waals surface area contributed by atoms with Crippen molar-refractivity contribution >= 4 is 5.97 Å². The van der Waals surface area contributed by atoms with Crippen LogP contribution in [-0.2, 0) is 17.8 Å². The molecule has 7 heteroatoms. The van der Waals surface area contributed by atoms with Crippen LogP contribution in [0.25, 0.3) is 0 Å². The smallest absolute Gasteiger partial charge is 0.550 e. The fourth-order valence-corrected chi connectivity index (χ4v) is 1.73. The quantitative estimate of drug-likeness (QED) is 0.561. The molecule has 0 unspecified atom stereocenters. The minimum absolute atomic E-state index is 0. The summed E-state index contributed by atoms with van der Waals surface area (Å²) in [5.74, 6) is -1.80. The summed E-state index contributed by atoms with van der Waals surface area (Å²) in [4.78, 5) is 14.4. The number of carboxylic acid groups (broad SMARTS) is 1. The van der Waals surface area contributed by atoms with Gasteiger partial charge < -0.3 is 14.5 Å². The maximum Gasteiger partial charge on any atom is 1.00 e. The van der Waals surface area contributed by atoms with E-state index in [1.165, 1.54) is 24.7 Å². The number of benzene rings is 1. The van der Waals surface area contributed by atoms with Gasteiger partial charge >= 0.3 is 18.9 Å². The van der Waals surface area contributed by atoms with E-state index in [2.05, 4.69) is 4.98 Å². The Labute approximate surface area is 126 Å². The molecule has 0 aliphatic rings. The van der Waals surface area contributed by atoms with E-state index in [-0.39, 0.29) is 37.4 Å². The zero-order valence-corrected chi connectivity index (χ0v) is 10.8. The summed E-state index contributed by atoms with van der Waals surface area (Å²) in [6.07, 6.45) is 2.64. The molecule has 5 nitrogen and oxygen atoms in total. The van der Waals surface area contributed by atoms with Crippen LogP contribution in [0.2, 0.25) is 0 Å². The van der Waals surface area contributed by atoms with Gasteiger partial charge in [-0.25, -0.2) is 9.37 Å². The van der Waals surface area contributed by atoms with Crippen molar-refractivity contribution in [1.82, 2.24) is 9.55 Å². The van der Waals surface area contributed by atoms with E-state index in [1.54, 1.807) is 16.7 Å². The van der Waals surface area contributed by atoms with Gasteiger partial charge in [0.1, 0.15) is 11.9 Å². The van der Waals surface area contributed by atoms with Crippen LogP contribution in [0, 0.1) is 17.1 Å². The second-order valence-electron chi connectivity index (χ2n) is 3.99. The first-order valence-electron chi connectivity index (χ1n) is 5.47. The molecule has 1 aromatic heterocycles. The number of aliphatic carboxylic acids is 1. The largest absolute Gasteiger partial charge is 1.00 e. The Balaban J connectivity index is 0.00000200. The van der Waals surface area contributed by atoms with Gasteiger partial charge in [-0.3, -0.25) is 0 Å². The number of hydrogen-bond acceptors (Lipinski definition) is 4. The average molecular weight is 265 g/mol. The molecule has 0 N–H and O–H groups in total. The van der Waals surface area contributed by atoms with E-state index >= 15 is 0 Å². The van der Waals surface area contributed by atoms with Gasteiger partial charge in [0.15, 0.2) is 0 Å². The summed E-state index contributed by atoms with van der Waals surface area (Å²) < 4.78 is 15.0. The van der Waals surface area contributed by atoms with Crippen molar-refractivity contribution in [2.24, 2.45) is 0 Å². The monoisotopic (exact) mass is 265 g/mol. The summed E-state index contributed by atoms with van der Waals surface area (Å²) in [6, 6.07) is 5.99. The van der Waals surface area contributed by atoms with Crippen molar-refractivity contribution < 1.29 is 33.2 Å². The van der Waals surface area contributed by atoms with Crippen LogP contribution in [0.1, 0.15) is 16.8 Å². The van der Waals surface area contributed by atoms with E-state index < -0.39 is 11.8 Å². The molecule has 2 rings (SSSR count). The average Bonchev–Trinajstić information content (AvgIpc) is 2.76. The molecule has 1 heterocycles. The van der Waals surface area contributed by atoms with Crippen molar-refractivity contribution in [2.75, 3.05) is 0 Å². The van der Waals surface area contributed by atoms with Gasteiger partial charge in [-0.1, -0.05) is 6.07 Å². The molecule has 20 heavy (non-hydrogen) atoms. The van der Waals surface area contributed by atoms with Gasteiger partial charge in [0.05, 0.1) is 11.9 Å². The molecular formula is C13H9FLiN3O2. The summed E-state index contributed by atoms with van der Waals surface area (Å²) in [5, 5.41) is 19.2. The minimum atomic E-state index is -1.20. The number of imidazole rings is 1. The van der Waals surface area contributed by atoms with Gasteiger partial charge in [-0.2, -0.15) is 5.26 Å². The fraction of sp³-hybridized carbons (Fsp3) is 0.154. The zero-order valence-electron chi connectivity index (χ0n) is 10.8. The van der Waals surface area contributed by atoms with Crippen LogP contribution in [0.5, 0.6) is 0 Å². The van der Waals surface area contributed by atoms with Crippen molar-refractivity contribution in [1.29, 1.82) is 5.26 Å². The van der Waals surface area contributed by atoms with Crippen LogP contribution in [0.15, 0.2) is 30.7 Å². The van der Waals surface area contributed by atoms with Crippen LogP contribution in [0.3, 0.4) is 0 Å². The topological polar surface area (TPSA) is 81.7 Å². The van der Waals surface area contributed by atoms with Gasteiger partial charge in [-0.05, 0) is 17.7 Å². The maximum absolute atomic E-state index is 13.4. The Bertz CT molecular complexity index is 664. The summed E-state index contributed by atoms with van der Waals surface area (Å²) in [7, 11) is 0.